The van der Waals surface area contributed by atoms with Crippen LogP contribution in [0.1, 0.15) is 11.1 Å². The Morgan fingerprint density at radius 2 is 1.85 bits per heavy atom. The third kappa shape index (κ3) is 3.17. The summed E-state index contributed by atoms with van der Waals surface area (Å²) in [6.45, 7) is 2.57. The summed E-state index contributed by atoms with van der Waals surface area (Å²) in [6, 6.07) is 6.82. The van der Waals surface area contributed by atoms with Gasteiger partial charge in [-0.1, -0.05) is 0 Å². The Kier molecular flexibility index (Phi) is 4.40. The Morgan fingerprint density at radius 3 is 2.45 bits per heavy atom. The van der Waals surface area contributed by atoms with E-state index in [1.54, 1.807) is 20.3 Å². The first-order valence-corrected chi connectivity index (χ1v) is 6.21. The van der Waals surface area contributed by atoms with Crippen LogP contribution in [0, 0.1) is 12.7 Å². The second-order valence-electron chi connectivity index (χ2n) is 4.35. The van der Waals surface area contributed by atoms with E-state index in [2.05, 4.69) is 10.3 Å². The molecule has 0 saturated carbocycles. The van der Waals surface area contributed by atoms with Crippen LogP contribution in [0.15, 0.2) is 30.5 Å². The van der Waals surface area contributed by atoms with Crippen LogP contribution in [0.25, 0.3) is 0 Å². The van der Waals surface area contributed by atoms with Crippen molar-refractivity contribution < 1.29 is 13.9 Å². The molecule has 2 aromatic rings. The van der Waals surface area contributed by atoms with Gasteiger partial charge in [0.05, 0.1) is 20.4 Å². The molecule has 0 aliphatic carbocycles. The van der Waals surface area contributed by atoms with E-state index >= 15 is 0 Å². The zero-order valence-electron chi connectivity index (χ0n) is 11.7. The number of anilines is 1. The number of hydrogen-bond donors (Lipinski definition) is 1. The second kappa shape index (κ2) is 6.23. The fourth-order valence-corrected chi connectivity index (χ4v) is 1.88. The van der Waals surface area contributed by atoms with Crippen molar-refractivity contribution >= 4 is 5.82 Å². The van der Waals surface area contributed by atoms with E-state index < -0.39 is 0 Å². The Labute approximate surface area is 117 Å². The molecule has 0 radical (unpaired) electrons. The molecule has 0 spiro atoms. The van der Waals surface area contributed by atoms with Crippen molar-refractivity contribution in [2.45, 2.75) is 13.5 Å². The summed E-state index contributed by atoms with van der Waals surface area (Å²) in [5, 5.41) is 3.14. The van der Waals surface area contributed by atoms with Crippen molar-refractivity contribution in [1.82, 2.24) is 4.98 Å². The summed E-state index contributed by atoms with van der Waals surface area (Å²) in [5.74, 6) is 1.66. The molecular weight excluding hydrogens is 259 g/mol. The maximum atomic E-state index is 12.8. The van der Waals surface area contributed by atoms with Crippen molar-refractivity contribution in [1.29, 1.82) is 0 Å². The number of halogens is 1. The molecule has 20 heavy (non-hydrogen) atoms. The van der Waals surface area contributed by atoms with Crippen LogP contribution in [0.4, 0.5) is 10.2 Å². The minimum absolute atomic E-state index is 0.349. The molecule has 0 aliphatic rings. The lowest BCUT2D eigenvalue weighted by atomic mass is 10.1. The molecule has 0 unspecified atom stereocenters. The van der Waals surface area contributed by atoms with Gasteiger partial charge in [-0.2, -0.15) is 0 Å². The standard InChI is InChI=1S/C15H17FN2O2/c1-10-6-13(19-2)14(20-3)7-11(10)8-17-15-5-4-12(16)9-18-15/h4-7,9H,8H2,1-3H3,(H,17,18). The fourth-order valence-electron chi connectivity index (χ4n) is 1.88. The predicted octanol–water partition coefficient (Wildman–Crippen LogP) is 3.16. The lowest BCUT2D eigenvalue weighted by Gasteiger charge is -2.13. The number of methoxy groups -OCH3 is 2. The van der Waals surface area contributed by atoms with Crippen molar-refractivity contribution in [2.75, 3.05) is 19.5 Å². The Morgan fingerprint density at radius 1 is 1.15 bits per heavy atom. The Bertz CT molecular complexity index is 585. The highest BCUT2D eigenvalue weighted by atomic mass is 19.1. The van der Waals surface area contributed by atoms with Gasteiger partial charge < -0.3 is 14.8 Å². The third-order valence-electron chi connectivity index (χ3n) is 3.03. The number of hydrogen-bond acceptors (Lipinski definition) is 4. The molecule has 0 saturated heterocycles. The monoisotopic (exact) mass is 276 g/mol. The zero-order chi connectivity index (χ0) is 14.5. The highest BCUT2D eigenvalue weighted by Crippen LogP contribution is 2.30. The van der Waals surface area contributed by atoms with E-state index in [4.69, 9.17) is 9.47 Å². The Hall–Kier alpha value is -2.30. The Balaban J connectivity index is 2.14. The smallest absolute Gasteiger partial charge is 0.161 e. The number of aromatic nitrogens is 1. The highest BCUT2D eigenvalue weighted by molar-refractivity contribution is 5.48. The molecular formula is C15H17FN2O2. The average Bonchev–Trinajstić information content (AvgIpc) is 2.47. The summed E-state index contributed by atoms with van der Waals surface area (Å²) in [5.41, 5.74) is 2.14. The minimum Gasteiger partial charge on any atom is -0.493 e. The van der Waals surface area contributed by atoms with Crippen molar-refractivity contribution in [3.63, 3.8) is 0 Å². The van der Waals surface area contributed by atoms with Gasteiger partial charge in [0, 0.05) is 6.54 Å². The highest BCUT2D eigenvalue weighted by Gasteiger charge is 2.08. The number of pyridine rings is 1. The van der Waals surface area contributed by atoms with Crippen LogP contribution >= 0.6 is 0 Å². The molecule has 0 aliphatic heterocycles. The van der Waals surface area contributed by atoms with Crippen molar-refractivity contribution in [2.24, 2.45) is 0 Å². The maximum absolute atomic E-state index is 12.8. The first-order chi connectivity index (χ1) is 9.63. The lowest BCUT2D eigenvalue weighted by Crippen LogP contribution is -2.04. The summed E-state index contributed by atoms with van der Waals surface area (Å²) in [6.07, 6.45) is 1.18. The van der Waals surface area contributed by atoms with E-state index in [0.717, 1.165) is 11.1 Å². The number of nitrogens with zero attached hydrogens (tertiary/aromatic N) is 1. The molecule has 1 N–H and O–H groups in total. The fraction of sp³-hybridized carbons (Fsp3) is 0.267. The second-order valence-corrected chi connectivity index (χ2v) is 4.35. The van der Waals surface area contributed by atoms with E-state index in [1.807, 2.05) is 19.1 Å². The number of nitrogens with one attached hydrogen (secondary N) is 1. The summed E-state index contributed by atoms with van der Waals surface area (Å²) < 4.78 is 23.3. The van der Waals surface area contributed by atoms with Crippen LogP contribution in [0.2, 0.25) is 0 Å². The van der Waals surface area contributed by atoms with Crippen LogP contribution in [-0.2, 0) is 6.54 Å². The van der Waals surface area contributed by atoms with E-state index in [9.17, 15) is 4.39 Å². The number of ether oxygens (including phenoxy) is 2. The molecule has 106 valence electrons. The summed E-state index contributed by atoms with van der Waals surface area (Å²) >= 11 is 0. The molecule has 2 rings (SSSR count). The molecule has 0 fully saturated rings. The predicted molar refractivity (Wildman–Crippen MR) is 75.8 cm³/mol. The average molecular weight is 276 g/mol. The molecule has 0 bridgehead atoms. The van der Waals surface area contributed by atoms with E-state index in [0.29, 0.717) is 23.9 Å². The number of benzene rings is 1. The molecule has 1 heterocycles. The number of aryl methyl sites for hydroxylation is 1. The van der Waals surface area contributed by atoms with Gasteiger partial charge in [-0.15, -0.1) is 0 Å². The zero-order valence-corrected chi connectivity index (χ0v) is 11.7. The van der Waals surface area contributed by atoms with Crippen molar-refractivity contribution in [3.05, 3.63) is 47.4 Å². The SMILES string of the molecule is COc1cc(C)c(CNc2ccc(F)cn2)cc1OC. The van der Waals surface area contributed by atoms with Crippen LogP contribution in [-0.4, -0.2) is 19.2 Å². The van der Waals surface area contributed by atoms with Gasteiger partial charge in [-0.25, -0.2) is 9.37 Å². The molecule has 0 atom stereocenters. The molecule has 5 heteroatoms. The van der Waals surface area contributed by atoms with Gasteiger partial charge >= 0.3 is 0 Å². The van der Waals surface area contributed by atoms with Gasteiger partial charge in [-0.05, 0) is 42.3 Å². The topological polar surface area (TPSA) is 43.4 Å². The van der Waals surface area contributed by atoms with Crippen molar-refractivity contribution in [3.8, 4) is 11.5 Å². The van der Waals surface area contributed by atoms with Crippen LogP contribution in [0.3, 0.4) is 0 Å². The summed E-state index contributed by atoms with van der Waals surface area (Å²) in [7, 11) is 3.21. The molecule has 0 amide bonds. The van der Waals surface area contributed by atoms with Gasteiger partial charge in [0.15, 0.2) is 11.5 Å². The van der Waals surface area contributed by atoms with Gasteiger partial charge in [-0.3, -0.25) is 0 Å². The lowest BCUT2D eigenvalue weighted by molar-refractivity contribution is 0.354. The first-order valence-electron chi connectivity index (χ1n) is 6.21. The number of rotatable bonds is 5. The quantitative estimate of drug-likeness (QED) is 0.911. The van der Waals surface area contributed by atoms with Gasteiger partial charge in [0.1, 0.15) is 11.6 Å². The molecule has 1 aromatic heterocycles. The minimum atomic E-state index is -0.349. The normalized spacial score (nSPS) is 10.2. The third-order valence-corrected chi connectivity index (χ3v) is 3.03. The first kappa shape index (κ1) is 14.1. The van der Waals surface area contributed by atoms with E-state index in [-0.39, 0.29) is 5.82 Å². The maximum Gasteiger partial charge on any atom is 0.161 e. The van der Waals surface area contributed by atoms with Crippen LogP contribution < -0.4 is 14.8 Å². The largest absolute Gasteiger partial charge is 0.493 e. The van der Waals surface area contributed by atoms with Crippen LogP contribution in [0.5, 0.6) is 11.5 Å². The van der Waals surface area contributed by atoms with Gasteiger partial charge in [0.2, 0.25) is 0 Å². The molecule has 1 aromatic carbocycles. The van der Waals surface area contributed by atoms with Gasteiger partial charge in [0.25, 0.3) is 0 Å². The summed E-state index contributed by atoms with van der Waals surface area (Å²) in [4.78, 5) is 3.96. The van der Waals surface area contributed by atoms with E-state index in [1.165, 1.54) is 12.3 Å². The molecule has 4 nitrogen and oxygen atoms in total.